The van der Waals surface area contributed by atoms with Gasteiger partial charge in [0.1, 0.15) is 25.3 Å². The molecule has 0 atom stereocenters. The lowest BCUT2D eigenvalue weighted by Gasteiger charge is -2.21. The number of nitrogens with one attached hydrogen (secondary N) is 1. The molecule has 2 amide bonds. The zero-order valence-corrected chi connectivity index (χ0v) is 18.3. The molecule has 0 bridgehead atoms. The van der Waals surface area contributed by atoms with Crippen molar-refractivity contribution in [3.05, 3.63) is 59.7 Å². The number of rotatable bonds is 6. The number of hydrogen-bond donors (Lipinski definition) is 1. The molecule has 1 aliphatic carbocycles. The highest BCUT2D eigenvalue weighted by Crippen LogP contribution is 2.44. The van der Waals surface area contributed by atoms with Gasteiger partial charge in [-0.3, -0.25) is 9.59 Å². The van der Waals surface area contributed by atoms with E-state index in [0.717, 1.165) is 22.3 Å². The van der Waals surface area contributed by atoms with Crippen LogP contribution in [0.25, 0.3) is 11.1 Å². The average molecular weight is 424 g/mol. The van der Waals surface area contributed by atoms with E-state index in [1.54, 1.807) is 20.8 Å². The predicted octanol–water partition coefficient (Wildman–Crippen LogP) is 3.33. The number of ether oxygens (including phenoxy) is 2. The molecule has 0 aromatic heterocycles. The van der Waals surface area contributed by atoms with Crippen LogP contribution in [0.5, 0.6) is 0 Å². The highest BCUT2D eigenvalue weighted by Gasteiger charge is 2.29. The molecule has 0 saturated heterocycles. The largest absolute Gasteiger partial charge is 0.459 e. The molecule has 31 heavy (non-hydrogen) atoms. The zero-order valence-electron chi connectivity index (χ0n) is 18.3. The van der Waals surface area contributed by atoms with Crippen LogP contribution in [-0.4, -0.2) is 55.2 Å². The Morgan fingerprint density at radius 2 is 1.52 bits per heavy atom. The molecule has 0 unspecified atom stereocenters. The number of hydrogen-bond acceptors (Lipinski definition) is 5. The molecule has 0 radical (unpaired) electrons. The normalized spacial score (nSPS) is 12.5. The second kappa shape index (κ2) is 9.20. The van der Waals surface area contributed by atoms with Crippen molar-refractivity contribution < 1.29 is 23.9 Å². The zero-order chi connectivity index (χ0) is 22.6. The molecule has 2 aromatic carbocycles. The maximum absolute atomic E-state index is 12.4. The fourth-order valence-electron chi connectivity index (χ4n) is 3.59. The van der Waals surface area contributed by atoms with E-state index < -0.39 is 23.6 Å². The number of esters is 1. The lowest BCUT2D eigenvalue weighted by molar-refractivity contribution is -0.154. The number of nitrogens with zero attached hydrogens (tertiary/aromatic N) is 1. The average Bonchev–Trinajstić information content (AvgIpc) is 3.03. The first-order valence-electron chi connectivity index (χ1n) is 10.2. The van der Waals surface area contributed by atoms with E-state index in [4.69, 9.17) is 9.47 Å². The molecule has 0 spiro atoms. The lowest BCUT2D eigenvalue weighted by Crippen LogP contribution is -2.41. The molecule has 0 saturated carbocycles. The van der Waals surface area contributed by atoms with Crippen LogP contribution < -0.4 is 5.32 Å². The molecule has 164 valence electrons. The Kier molecular flexibility index (Phi) is 6.63. The quantitative estimate of drug-likeness (QED) is 0.719. The third kappa shape index (κ3) is 5.63. The topological polar surface area (TPSA) is 84.9 Å². The minimum Gasteiger partial charge on any atom is -0.459 e. The molecule has 2 aromatic rings. The maximum atomic E-state index is 12.4. The van der Waals surface area contributed by atoms with Gasteiger partial charge in [-0.25, -0.2) is 4.79 Å². The highest BCUT2D eigenvalue weighted by molar-refractivity contribution is 5.85. The first kappa shape index (κ1) is 22.3. The Morgan fingerprint density at radius 1 is 0.968 bits per heavy atom. The van der Waals surface area contributed by atoms with Crippen LogP contribution in [0.2, 0.25) is 0 Å². The van der Waals surface area contributed by atoms with Crippen molar-refractivity contribution >= 4 is 18.0 Å². The highest BCUT2D eigenvalue weighted by atomic mass is 16.6. The fraction of sp³-hybridized carbons (Fsp3) is 0.375. The van der Waals surface area contributed by atoms with E-state index in [2.05, 4.69) is 17.4 Å². The van der Waals surface area contributed by atoms with Gasteiger partial charge in [0.25, 0.3) is 0 Å². The van der Waals surface area contributed by atoms with Gasteiger partial charge in [0.2, 0.25) is 5.91 Å². The molecule has 0 fully saturated rings. The van der Waals surface area contributed by atoms with Crippen molar-refractivity contribution in [1.29, 1.82) is 0 Å². The van der Waals surface area contributed by atoms with Gasteiger partial charge in [-0.05, 0) is 43.0 Å². The third-order valence-corrected chi connectivity index (χ3v) is 4.88. The van der Waals surface area contributed by atoms with Gasteiger partial charge >= 0.3 is 12.1 Å². The van der Waals surface area contributed by atoms with Gasteiger partial charge in [-0.2, -0.15) is 0 Å². The van der Waals surface area contributed by atoms with E-state index in [0.29, 0.717) is 0 Å². The van der Waals surface area contributed by atoms with Crippen LogP contribution in [0.3, 0.4) is 0 Å². The van der Waals surface area contributed by atoms with Crippen LogP contribution in [0.1, 0.15) is 37.8 Å². The van der Waals surface area contributed by atoms with Gasteiger partial charge in [-0.1, -0.05) is 48.5 Å². The standard InChI is InChI=1S/C24H28N2O5/c1-24(2,3)31-22(28)13-25-21(27)14-26(4)23(29)30-15-20-18-11-7-5-9-16(18)17-10-6-8-12-19(17)20/h5-12,20H,13-15H2,1-4H3,(H,25,27). The van der Waals surface area contributed by atoms with Crippen molar-refractivity contribution in [1.82, 2.24) is 10.2 Å². The first-order chi connectivity index (χ1) is 14.7. The van der Waals surface area contributed by atoms with Crippen LogP contribution in [0, 0.1) is 0 Å². The van der Waals surface area contributed by atoms with Crippen molar-refractivity contribution in [2.75, 3.05) is 26.7 Å². The number of likely N-dealkylation sites (N-methyl/N-ethyl adjacent to an activating group) is 1. The molecule has 7 nitrogen and oxygen atoms in total. The van der Waals surface area contributed by atoms with E-state index in [1.807, 2.05) is 36.4 Å². The molecule has 1 N–H and O–H groups in total. The van der Waals surface area contributed by atoms with Crippen LogP contribution in [0.15, 0.2) is 48.5 Å². The molecule has 3 rings (SSSR count). The Labute approximate surface area is 182 Å². The van der Waals surface area contributed by atoms with Gasteiger partial charge in [0.15, 0.2) is 0 Å². The molecule has 0 aliphatic heterocycles. The monoisotopic (exact) mass is 424 g/mol. The Morgan fingerprint density at radius 3 is 2.06 bits per heavy atom. The van der Waals surface area contributed by atoms with Crippen LogP contribution in [0.4, 0.5) is 4.79 Å². The number of fused-ring (bicyclic) bond motifs is 3. The maximum Gasteiger partial charge on any atom is 0.409 e. The lowest BCUT2D eigenvalue weighted by atomic mass is 9.98. The molecular formula is C24H28N2O5. The van der Waals surface area contributed by atoms with Crippen molar-refractivity contribution in [3.63, 3.8) is 0 Å². The van der Waals surface area contributed by atoms with E-state index in [1.165, 1.54) is 11.9 Å². The van der Waals surface area contributed by atoms with Crippen LogP contribution in [-0.2, 0) is 19.1 Å². The minimum atomic E-state index is -0.625. The second-order valence-corrected chi connectivity index (χ2v) is 8.52. The van der Waals surface area contributed by atoms with E-state index in [-0.39, 0.29) is 25.6 Å². The summed E-state index contributed by atoms with van der Waals surface area (Å²) >= 11 is 0. The molecule has 7 heteroatoms. The summed E-state index contributed by atoms with van der Waals surface area (Å²) in [6, 6.07) is 16.2. The summed E-state index contributed by atoms with van der Waals surface area (Å²) in [4.78, 5) is 37.3. The first-order valence-corrected chi connectivity index (χ1v) is 10.2. The van der Waals surface area contributed by atoms with Gasteiger partial charge in [0, 0.05) is 13.0 Å². The SMILES string of the molecule is CN(CC(=O)NCC(=O)OC(C)(C)C)C(=O)OCC1c2ccccc2-c2ccccc21. The van der Waals surface area contributed by atoms with Crippen molar-refractivity contribution in [3.8, 4) is 11.1 Å². The van der Waals surface area contributed by atoms with Crippen LogP contribution >= 0.6 is 0 Å². The van der Waals surface area contributed by atoms with Crippen molar-refractivity contribution in [2.45, 2.75) is 32.3 Å². The Bertz CT molecular complexity index is 934. The number of carbonyl (C=O) groups excluding carboxylic acids is 3. The summed E-state index contributed by atoms with van der Waals surface area (Å²) in [5, 5.41) is 2.45. The van der Waals surface area contributed by atoms with E-state index in [9.17, 15) is 14.4 Å². The van der Waals surface area contributed by atoms with Crippen molar-refractivity contribution in [2.24, 2.45) is 0 Å². The van der Waals surface area contributed by atoms with Gasteiger partial charge in [-0.15, -0.1) is 0 Å². The number of carbonyl (C=O) groups is 3. The summed E-state index contributed by atoms with van der Waals surface area (Å²) in [5.41, 5.74) is 3.91. The summed E-state index contributed by atoms with van der Waals surface area (Å²) in [7, 11) is 1.48. The summed E-state index contributed by atoms with van der Waals surface area (Å²) in [5.74, 6) is -1.06. The second-order valence-electron chi connectivity index (χ2n) is 8.52. The predicted molar refractivity (Wildman–Crippen MR) is 117 cm³/mol. The van der Waals surface area contributed by atoms with E-state index >= 15 is 0 Å². The Hall–Kier alpha value is -3.35. The molecular weight excluding hydrogens is 396 g/mol. The minimum absolute atomic E-state index is 0.0502. The number of amides is 2. The summed E-state index contributed by atoms with van der Waals surface area (Å²) in [6.07, 6.45) is -0.603. The van der Waals surface area contributed by atoms with Gasteiger partial charge < -0.3 is 19.7 Å². The van der Waals surface area contributed by atoms with Gasteiger partial charge in [0.05, 0.1) is 0 Å². The Balaban J connectivity index is 1.52. The number of benzene rings is 2. The summed E-state index contributed by atoms with van der Waals surface area (Å²) in [6.45, 7) is 4.94. The molecule has 1 aliphatic rings. The third-order valence-electron chi connectivity index (χ3n) is 4.88. The molecule has 0 heterocycles. The fourth-order valence-corrected chi connectivity index (χ4v) is 3.59. The smallest absolute Gasteiger partial charge is 0.409 e. The summed E-state index contributed by atoms with van der Waals surface area (Å²) < 4.78 is 10.6.